The van der Waals surface area contributed by atoms with Crippen LogP contribution in [0.4, 0.5) is 24.5 Å². The van der Waals surface area contributed by atoms with Crippen LogP contribution in [0.25, 0.3) is 0 Å². The highest BCUT2D eigenvalue weighted by Gasteiger charge is 2.33. The van der Waals surface area contributed by atoms with Crippen LogP contribution < -0.4 is 10.6 Å². The lowest BCUT2D eigenvalue weighted by Gasteiger charge is -2.33. The first-order valence-electron chi connectivity index (χ1n) is 9.66. The molecular weight excluding hydrogens is 405 g/mol. The molecule has 0 bridgehead atoms. The minimum atomic E-state index is -4.68. The van der Waals surface area contributed by atoms with E-state index in [1.54, 1.807) is 18.7 Å². The lowest BCUT2D eigenvalue weighted by molar-refractivity contribution is -0.384. The molecule has 0 aromatic heterocycles. The van der Waals surface area contributed by atoms with Gasteiger partial charge in [0.1, 0.15) is 5.69 Å². The Morgan fingerprint density at radius 1 is 1.30 bits per heavy atom. The number of amides is 2. The van der Waals surface area contributed by atoms with E-state index in [0.29, 0.717) is 25.6 Å². The van der Waals surface area contributed by atoms with E-state index in [9.17, 15) is 32.9 Å². The van der Waals surface area contributed by atoms with Crippen molar-refractivity contribution in [3.05, 3.63) is 33.9 Å². The molecule has 30 heavy (non-hydrogen) atoms. The van der Waals surface area contributed by atoms with Crippen molar-refractivity contribution in [1.82, 2.24) is 10.2 Å². The van der Waals surface area contributed by atoms with Crippen molar-refractivity contribution in [2.45, 2.75) is 32.9 Å². The fourth-order valence-corrected chi connectivity index (χ4v) is 3.29. The quantitative estimate of drug-likeness (QED) is 0.393. The third-order valence-corrected chi connectivity index (χ3v) is 4.86. The molecule has 2 amide bonds. The molecule has 1 atom stereocenters. The zero-order valence-corrected chi connectivity index (χ0v) is 16.8. The van der Waals surface area contributed by atoms with Crippen LogP contribution >= 0.6 is 0 Å². The van der Waals surface area contributed by atoms with Crippen molar-refractivity contribution < 1.29 is 27.7 Å². The third-order valence-electron chi connectivity index (χ3n) is 4.86. The van der Waals surface area contributed by atoms with Gasteiger partial charge in [-0.25, -0.2) is 0 Å². The van der Waals surface area contributed by atoms with Crippen LogP contribution in [0, 0.1) is 22.0 Å². The summed E-state index contributed by atoms with van der Waals surface area (Å²) in [6, 6.07) is 2.23. The van der Waals surface area contributed by atoms with Gasteiger partial charge in [0.15, 0.2) is 0 Å². The van der Waals surface area contributed by atoms with Gasteiger partial charge in [0, 0.05) is 38.2 Å². The Kier molecular flexibility index (Phi) is 7.63. The molecule has 2 N–H and O–H groups in total. The molecule has 8 nitrogen and oxygen atoms in total. The zero-order valence-electron chi connectivity index (χ0n) is 16.8. The summed E-state index contributed by atoms with van der Waals surface area (Å²) in [5, 5.41) is 16.5. The van der Waals surface area contributed by atoms with Crippen LogP contribution in [0.15, 0.2) is 18.2 Å². The predicted molar refractivity (Wildman–Crippen MR) is 104 cm³/mol. The van der Waals surface area contributed by atoms with Gasteiger partial charge in [-0.3, -0.25) is 19.7 Å². The molecule has 1 aliphatic rings. The standard InChI is InChI=1S/C19H25F3N4O4/c1-12(2)18(28)25-9-3-4-13(11-25)17(27)24-8-7-23-15-6-5-14(19(20,21)22)10-16(15)26(29)30/h5-6,10,12-13,23H,3-4,7-9,11H2,1-2H3,(H,24,27). The number of halogens is 3. The highest BCUT2D eigenvalue weighted by Crippen LogP contribution is 2.34. The first kappa shape index (κ1) is 23.4. The van der Waals surface area contributed by atoms with Gasteiger partial charge in [-0.05, 0) is 25.0 Å². The van der Waals surface area contributed by atoms with Crippen molar-refractivity contribution >= 4 is 23.2 Å². The second-order valence-electron chi connectivity index (χ2n) is 7.48. The third kappa shape index (κ3) is 6.07. The fourth-order valence-electron chi connectivity index (χ4n) is 3.29. The van der Waals surface area contributed by atoms with Crippen LogP contribution in [0.1, 0.15) is 32.3 Å². The molecule has 166 valence electrons. The summed E-state index contributed by atoms with van der Waals surface area (Å²) in [7, 11) is 0. The number of carbonyl (C=O) groups excluding carboxylic acids is 2. The number of hydrogen-bond acceptors (Lipinski definition) is 5. The lowest BCUT2D eigenvalue weighted by atomic mass is 9.96. The molecular formula is C19H25F3N4O4. The molecule has 1 unspecified atom stereocenters. The monoisotopic (exact) mass is 430 g/mol. The summed E-state index contributed by atoms with van der Waals surface area (Å²) in [6.07, 6.45) is -3.29. The van der Waals surface area contributed by atoms with Crippen LogP contribution in [0.2, 0.25) is 0 Å². The summed E-state index contributed by atoms with van der Waals surface area (Å²) in [6.45, 7) is 4.81. The Labute approximate surface area is 172 Å². The molecule has 1 heterocycles. The Bertz CT molecular complexity index is 798. The van der Waals surface area contributed by atoms with Gasteiger partial charge in [-0.2, -0.15) is 13.2 Å². The van der Waals surface area contributed by atoms with E-state index in [1.165, 1.54) is 0 Å². The number of carbonyl (C=O) groups is 2. The molecule has 0 saturated carbocycles. The number of alkyl halides is 3. The number of anilines is 1. The minimum absolute atomic E-state index is 0.00350. The van der Waals surface area contributed by atoms with Crippen molar-refractivity contribution in [1.29, 1.82) is 0 Å². The van der Waals surface area contributed by atoms with Crippen LogP contribution in [0.5, 0.6) is 0 Å². The minimum Gasteiger partial charge on any atom is -0.378 e. The van der Waals surface area contributed by atoms with E-state index in [1.807, 2.05) is 0 Å². The molecule has 1 saturated heterocycles. The molecule has 2 rings (SSSR count). The number of benzene rings is 1. The Balaban J connectivity index is 1.88. The molecule has 0 spiro atoms. The maximum Gasteiger partial charge on any atom is 0.416 e. The number of piperidine rings is 1. The Morgan fingerprint density at radius 2 is 2.00 bits per heavy atom. The van der Waals surface area contributed by atoms with E-state index >= 15 is 0 Å². The molecule has 11 heteroatoms. The largest absolute Gasteiger partial charge is 0.416 e. The normalized spacial score (nSPS) is 17.0. The van der Waals surface area contributed by atoms with Crippen molar-refractivity contribution in [2.24, 2.45) is 11.8 Å². The summed E-state index contributed by atoms with van der Waals surface area (Å²) < 4.78 is 38.2. The van der Waals surface area contributed by atoms with E-state index in [2.05, 4.69) is 10.6 Å². The predicted octanol–water partition coefficient (Wildman–Crippen LogP) is 3.04. The molecule has 1 aromatic carbocycles. The average Bonchev–Trinajstić information content (AvgIpc) is 2.69. The smallest absolute Gasteiger partial charge is 0.378 e. The summed E-state index contributed by atoms with van der Waals surface area (Å²) >= 11 is 0. The van der Waals surface area contributed by atoms with Crippen LogP contribution in [0.3, 0.4) is 0 Å². The maximum atomic E-state index is 12.7. The summed E-state index contributed by atoms with van der Waals surface area (Å²) in [4.78, 5) is 36.4. The first-order valence-corrected chi connectivity index (χ1v) is 9.66. The highest BCUT2D eigenvalue weighted by atomic mass is 19.4. The lowest BCUT2D eigenvalue weighted by Crippen LogP contribution is -2.47. The van der Waals surface area contributed by atoms with Gasteiger partial charge >= 0.3 is 6.18 Å². The van der Waals surface area contributed by atoms with Crippen LogP contribution in [-0.4, -0.2) is 47.8 Å². The maximum absolute atomic E-state index is 12.7. The molecule has 1 aliphatic heterocycles. The molecule has 1 aromatic rings. The van der Waals surface area contributed by atoms with Crippen molar-refractivity contribution in [3.63, 3.8) is 0 Å². The second-order valence-corrected chi connectivity index (χ2v) is 7.48. The van der Waals surface area contributed by atoms with Gasteiger partial charge in [0.05, 0.1) is 16.4 Å². The van der Waals surface area contributed by atoms with Gasteiger partial charge in [0.25, 0.3) is 5.69 Å². The van der Waals surface area contributed by atoms with Gasteiger partial charge in [0.2, 0.25) is 11.8 Å². The van der Waals surface area contributed by atoms with E-state index in [0.717, 1.165) is 18.6 Å². The van der Waals surface area contributed by atoms with Gasteiger partial charge < -0.3 is 15.5 Å². The average molecular weight is 430 g/mol. The van der Waals surface area contributed by atoms with Crippen molar-refractivity contribution in [3.8, 4) is 0 Å². The Hall–Kier alpha value is -2.85. The second kappa shape index (κ2) is 9.77. The number of nitrogens with one attached hydrogen (secondary N) is 2. The number of nitro groups is 1. The van der Waals surface area contributed by atoms with Gasteiger partial charge in [-0.15, -0.1) is 0 Å². The van der Waals surface area contributed by atoms with Crippen molar-refractivity contribution in [2.75, 3.05) is 31.5 Å². The fraction of sp³-hybridized carbons (Fsp3) is 0.579. The summed E-state index contributed by atoms with van der Waals surface area (Å²) in [5.74, 6) is -0.693. The number of likely N-dealkylation sites (tertiary alicyclic amines) is 1. The first-order chi connectivity index (χ1) is 14.0. The van der Waals surface area contributed by atoms with E-state index in [-0.39, 0.29) is 42.4 Å². The highest BCUT2D eigenvalue weighted by molar-refractivity contribution is 5.82. The van der Waals surface area contributed by atoms with E-state index in [4.69, 9.17) is 0 Å². The van der Waals surface area contributed by atoms with Gasteiger partial charge in [-0.1, -0.05) is 13.8 Å². The number of hydrogen-bond donors (Lipinski definition) is 2. The zero-order chi connectivity index (χ0) is 22.5. The van der Waals surface area contributed by atoms with E-state index < -0.39 is 22.4 Å². The molecule has 1 fully saturated rings. The SMILES string of the molecule is CC(C)C(=O)N1CCCC(C(=O)NCCNc2ccc(C(F)(F)F)cc2[N+](=O)[O-])C1. The van der Waals surface area contributed by atoms with Crippen LogP contribution in [-0.2, 0) is 15.8 Å². The Morgan fingerprint density at radius 3 is 2.60 bits per heavy atom. The number of nitrogens with zero attached hydrogens (tertiary/aromatic N) is 2. The molecule has 0 aliphatic carbocycles. The number of rotatable bonds is 7. The molecule has 0 radical (unpaired) electrons. The number of nitro benzene ring substituents is 1. The topological polar surface area (TPSA) is 105 Å². The summed E-state index contributed by atoms with van der Waals surface area (Å²) in [5.41, 5.74) is -1.86.